The Bertz CT molecular complexity index is 855. The lowest BCUT2D eigenvalue weighted by molar-refractivity contribution is -0.131. The predicted octanol–water partition coefficient (Wildman–Crippen LogP) is 3.87. The van der Waals surface area contributed by atoms with Gasteiger partial charge in [-0.1, -0.05) is 29.8 Å². The Morgan fingerprint density at radius 3 is 2.74 bits per heavy atom. The van der Waals surface area contributed by atoms with Crippen molar-refractivity contribution in [1.82, 2.24) is 4.90 Å². The summed E-state index contributed by atoms with van der Waals surface area (Å²) < 4.78 is 5.33. The maximum atomic E-state index is 12.6. The monoisotopic (exact) mass is 383 g/mol. The van der Waals surface area contributed by atoms with Gasteiger partial charge in [0.2, 0.25) is 5.91 Å². The first-order valence-corrected chi connectivity index (χ1v) is 9.34. The highest BCUT2D eigenvalue weighted by molar-refractivity contribution is 6.30. The molecule has 1 fully saturated rings. The van der Waals surface area contributed by atoms with Crippen LogP contribution in [0.25, 0.3) is 0 Å². The summed E-state index contributed by atoms with van der Waals surface area (Å²) >= 11 is 6.05. The third-order valence-corrected chi connectivity index (χ3v) is 5.08. The zero-order chi connectivity index (χ0) is 19.2. The number of hydrogen-bond acceptors (Lipinski definition) is 4. The molecule has 140 valence electrons. The second kappa shape index (κ2) is 8.79. The van der Waals surface area contributed by atoms with E-state index < -0.39 is 0 Å². The van der Waals surface area contributed by atoms with Crippen molar-refractivity contribution in [2.75, 3.05) is 25.5 Å². The number of nitriles is 1. The molecule has 5 nitrogen and oxygen atoms in total. The molecular formula is C21H22ClN3O2. The van der Waals surface area contributed by atoms with Crippen LogP contribution in [0.1, 0.15) is 24.0 Å². The summed E-state index contributed by atoms with van der Waals surface area (Å²) in [5.41, 5.74) is 2.24. The molecule has 0 bridgehead atoms. The van der Waals surface area contributed by atoms with Crippen molar-refractivity contribution in [3.8, 4) is 11.8 Å². The van der Waals surface area contributed by atoms with Crippen molar-refractivity contribution in [2.24, 2.45) is 0 Å². The molecule has 27 heavy (non-hydrogen) atoms. The number of methoxy groups -OCH3 is 1. The zero-order valence-corrected chi connectivity index (χ0v) is 16.0. The first-order valence-electron chi connectivity index (χ1n) is 8.96. The van der Waals surface area contributed by atoms with Gasteiger partial charge in [0.25, 0.3) is 0 Å². The standard InChI is InChI=1S/C21H22ClN3O2/c1-27-20-5-3-2-4-15(20)12-21(26)25-10-8-18(9-11-25)24-19-13-17(22)7-6-16(19)14-23/h2-7,13,18,24H,8-12H2,1H3. The number of nitrogens with one attached hydrogen (secondary N) is 1. The average molecular weight is 384 g/mol. The molecule has 0 unspecified atom stereocenters. The van der Waals surface area contributed by atoms with Crippen LogP contribution in [0.3, 0.4) is 0 Å². The Hall–Kier alpha value is -2.71. The van der Waals surface area contributed by atoms with Gasteiger partial charge >= 0.3 is 0 Å². The lowest BCUT2D eigenvalue weighted by Gasteiger charge is -2.33. The molecule has 3 rings (SSSR count). The van der Waals surface area contributed by atoms with Gasteiger partial charge < -0.3 is 15.0 Å². The van der Waals surface area contributed by atoms with Gasteiger partial charge in [0.1, 0.15) is 11.8 Å². The fraction of sp³-hybridized carbons (Fsp3) is 0.333. The lowest BCUT2D eigenvalue weighted by atomic mass is 10.0. The molecule has 1 aliphatic rings. The van der Waals surface area contributed by atoms with Gasteiger partial charge in [0.15, 0.2) is 0 Å². The smallest absolute Gasteiger partial charge is 0.227 e. The fourth-order valence-electron chi connectivity index (χ4n) is 3.35. The van der Waals surface area contributed by atoms with E-state index in [-0.39, 0.29) is 11.9 Å². The maximum absolute atomic E-state index is 12.6. The Balaban J connectivity index is 1.57. The van der Waals surface area contributed by atoms with Crippen LogP contribution in [0, 0.1) is 11.3 Å². The highest BCUT2D eigenvalue weighted by atomic mass is 35.5. The molecule has 1 amide bonds. The summed E-state index contributed by atoms with van der Waals surface area (Å²) in [5.74, 6) is 0.853. The van der Waals surface area contributed by atoms with Crippen LogP contribution in [-0.2, 0) is 11.2 Å². The number of carbonyl (C=O) groups excluding carboxylic acids is 1. The third kappa shape index (κ3) is 4.72. The number of rotatable bonds is 5. The number of amides is 1. The van der Waals surface area contributed by atoms with Gasteiger partial charge in [-0.2, -0.15) is 5.26 Å². The van der Waals surface area contributed by atoms with Crippen molar-refractivity contribution >= 4 is 23.2 Å². The van der Waals surface area contributed by atoms with Gasteiger partial charge in [-0.3, -0.25) is 4.79 Å². The number of hydrogen-bond donors (Lipinski definition) is 1. The van der Waals surface area contributed by atoms with Crippen LogP contribution in [0.4, 0.5) is 5.69 Å². The van der Waals surface area contributed by atoms with Crippen molar-refractivity contribution in [2.45, 2.75) is 25.3 Å². The summed E-state index contributed by atoms with van der Waals surface area (Å²) in [4.78, 5) is 14.5. The zero-order valence-electron chi connectivity index (χ0n) is 15.2. The molecule has 1 N–H and O–H groups in total. The van der Waals surface area contributed by atoms with Crippen molar-refractivity contribution in [3.05, 3.63) is 58.6 Å². The van der Waals surface area contributed by atoms with Gasteiger partial charge in [0.05, 0.1) is 24.8 Å². The second-order valence-electron chi connectivity index (χ2n) is 6.59. The number of benzene rings is 2. The summed E-state index contributed by atoms with van der Waals surface area (Å²) in [7, 11) is 1.62. The molecule has 1 heterocycles. The minimum atomic E-state index is 0.110. The first kappa shape index (κ1) is 19.1. The van der Waals surface area contributed by atoms with Crippen LogP contribution in [0.15, 0.2) is 42.5 Å². The molecule has 0 aromatic heterocycles. The van der Waals surface area contributed by atoms with E-state index in [2.05, 4.69) is 11.4 Å². The van der Waals surface area contributed by atoms with Crippen molar-refractivity contribution < 1.29 is 9.53 Å². The van der Waals surface area contributed by atoms with E-state index in [0.717, 1.165) is 29.8 Å². The molecule has 2 aromatic carbocycles. The number of nitrogens with zero attached hydrogens (tertiary/aromatic N) is 2. The summed E-state index contributed by atoms with van der Waals surface area (Å²) in [6.07, 6.45) is 2.00. The maximum Gasteiger partial charge on any atom is 0.227 e. The van der Waals surface area contributed by atoms with E-state index in [1.165, 1.54) is 0 Å². The second-order valence-corrected chi connectivity index (χ2v) is 7.03. The van der Waals surface area contributed by atoms with E-state index in [9.17, 15) is 10.1 Å². The van der Waals surface area contributed by atoms with Crippen LogP contribution in [-0.4, -0.2) is 37.0 Å². The Morgan fingerprint density at radius 1 is 1.30 bits per heavy atom. The minimum Gasteiger partial charge on any atom is -0.496 e. The molecule has 0 spiro atoms. The lowest BCUT2D eigenvalue weighted by Crippen LogP contribution is -2.43. The normalized spacial score (nSPS) is 14.5. The Morgan fingerprint density at radius 2 is 2.04 bits per heavy atom. The number of anilines is 1. The molecule has 0 atom stereocenters. The highest BCUT2D eigenvalue weighted by Crippen LogP contribution is 2.24. The quantitative estimate of drug-likeness (QED) is 0.851. The number of carbonyl (C=O) groups is 1. The van der Waals surface area contributed by atoms with Gasteiger partial charge in [0, 0.05) is 29.7 Å². The van der Waals surface area contributed by atoms with Gasteiger partial charge in [-0.05, 0) is 37.1 Å². The third-order valence-electron chi connectivity index (χ3n) is 4.84. The number of likely N-dealkylation sites (tertiary alicyclic amines) is 1. The topological polar surface area (TPSA) is 65.4 Å². The summed E-state index contributed by atoms with van der Waals surface area (Å²) in [6.45, 7) is 1.38. The summed E-state index contributed by atoms with van der Waals surface area (Å²) in [6, 6.07) is 15.2. The van der Waals surface area contributed by atoms with Crippen LogP contribution < -0.4 is 10.1 Å². The molecule has 1 aliphatic heterocycles. The molecular weight excluding hydrogens is 362 g/mol. The number of piperidine rings is 1. The Labute approximate surface area is 164 Å². The molecule has 6 heteroatoms. The van der Waals surface area contributed by atoms with E-state index in [1.807, 2.05) is 29.2 Å². The average Bonchev–Trinajstić information content (AvgIpc) is 2.69. The van der Waals surface area contributed by atoms with Gasteiger partial charge in [-0.25, -0.2) is 0 Å². The van der Waals surface area contributed by atoms with Gasteiger partial charge in [-0.15, -0.1) is 0 Å². The van der Waals surface area contributed by atoms with E-state index >= 15 is 0 Å². The molecule has 0 radical (unpaired) electrons. The summed E-state index contributed by atoms with van der Waals surface area (Å²) in [5, 5.41) is 13.2. The van der Waals surface area contributed by atoms with E-state index in [4.69, 9.17) is 16.3 Å². The minimum absolute atomic E-state index is 0.110. The number of halogens is 1. The van der Waals surface area contributed by atoms with Crippen LogP contribution in [0.2, 0.25) is 5.02 Å². The largest absolute Gasteiger partial charge is 0.496 e. The molecule has 2 aromatic rings. The number of para-hydroxylation sites is 1. The first-order chi connectivity index (χ1) is 13.1. The molecule has 0 aliphatic carbocycles. The molecule has 1 saturated heterocycles. The van der Waals surface area contributed by atoms with Crippen LogP contribution in [0.5, 0.6) is 5.75 Å². The SMILES string of the molecule is COc1ccccc1CC(=O)N1CCC(Nc2cc(Cl)ccc2C#N)CC1. The Kier molecular flexibility index (Phi) is 6.20. The highest BCUT2D eigenvalue weighted by Gasteiger charge is 2.24. The van der Waals surface area contributed by atoms with Crippen molar-refractivity contribution in [3.63, 3.8) is 0 Å². The molecule has 0 saturated carbocycles. The van der Waals surface area contributed by atoms with E-state index in [1.54, 1.807) is 25.3 Å². The predicted molar refractivity (Wildman–Crippen MR) is 106 cm³/mol. The van der Waals surface area contributed by atoms with Crippen LogP contribution >= 0.6 is 11.6 Å². The fourth-order valence-corrected chi connectivity index (χ4v) is 3.52. The number of ether oxygens (including phenoxy) is 1. The van der Waals surface area contributed by atoms with Crippen molar-refractivity contribution in [1.29, 1.82) is 5.26 Å². The van der Waals surface area contributed by atoms with E-state index in [0.29, 0.717) is 30.1 Å².